The van der Waals surface area contributed by atoms with Crippen LogP contribution in [-0.2, 0) is 19.1 Å². The summed E-state index contributed by atoms with van der Waals surface area (Å²) in [6.07, 6.45) is 22.2. The van der Waals surface area contributed by atoms with Crippen LogP contribution in [0.2, 0.25) is 0 Å². The Kier molecular flexibility index (Phi) is 20.8. The second-order valence-electron chi connectivity index (χ2n) is 9.12. The molecule has 0 aliphatic rings. The van der Waals surface area contributed by atoms with E-state index < -0.39 is 10.1 Å². The summed E-state index contributed by atoms with van der Waals surface area (Å²) in [7, 11) is -3.34. The van der Waals surface area contributed by atoms with E-state index in [9.17, 15) is 13.2 Å². The average molecular weight is 462 g/mol. The fourth-order valence-electron chi connectivity index (χ4n) is 3.95. The van der Waals surface area contributed by atoms with Crippen LogP contribution in [0.3, 0.4) is 0 Å². The number of hydrogen-bond donors (Lipinski definition) is 1. The van der Waals surface area contributed by atoms with Crippen LogP contribution in [0.1, 0.15) is 129 Å². The molecular formula is C25H51NO4S. The number of amides is 1. The van der Waals surface area contributed by atoms with Gasteiger partial charge in [-0.15, -0.1) is 0 Å². The van der Waals surface area contributed by atoms with Crippen molar-refractivity contribution in [3.63, 3.8) is 0 Å². The second kappa shape index (κ2) is 21.2. The topological polar surface area (TPSA) is 72.5 Å². The van der Waals surface area contributed by atoms with Gasteiger partial charge in [0.15, 0.2) is 0 Å². The predicted octanol–water partition coefficient (Wildman–Crippen LogP) is 6.76. The molecule has 1 amide bonds. The Bertz CT molecular complexity index is 492. The molecule has 31 heavy (non-hydrogen) atoms. The lowest BCUT2D eigenvalue weighted by atomic mass is 9.91. The van der Waals surface area contributed by atoms with Gasteiger partial charge in [0.1, 0.15) is 0 Å². The van der Waals surface area contributed by atoms with Crippen LogP contribution >= 0.6 is 0 Å². The summed E-state index contributed by atoms with van der Waals surface area (Å²) in [5.74, 6) is 0.690. The Labute approximate surface area is 193 Å². The maximum atomic E-state index is 12.4. The lowest BCUT2D eigenvalue weighted by molar-refractivity contribution is -0.122. The molecule has 0 fully saturated rings. The maximum Gasteiger partial charge on any atom is 0.264 e. The van der Waals surface area contributed by atoms with Gasteiger partial charge in [-0.1, -0.05) is 90.9 Å². The highest BCUT2D eigenvalue weighted by molar-refractivity contribution is 7.85. The highest BCUT2D eigenvalue weighted by atomic mass is 32.2. The standard InChI is InChI=1S/C25H51NO4S/c1-4-6-8-10-12-15-19-24(20-16-13-11-9-7-5-2)23-25(27)26-21-17-14-18-22-30-31(3,28)29/h24H,4-23H2,1-3H3,(H,26,27). The Morgan fingerprint density at radius 1 is 0.742 bits per heavy atom. The number of hydrogen-bond acceptors (Lipinski definition) is 4. The normalized spacial score (nSPS) is 11.9. The molecule has 0 saturated heterocycles. The van der Waals surface area contributed by atoms with Crippen molar-refractivity contribution in [1.29, 1.82) is 0 Å². The fourth-order valence-corrected chi connectivity index (χ4v) is 4.37. The van der Waals surface area contributed by atoms with Crippen molar-refractivity contribution >= 4 is 16.0 Å². The van der Waals surface area contributed by atoms with Gasteiger partial charge in [-0.2, -0.15) is 8.42 Å². The molecule has 0 atom stereocenters. The summed E-state index contributed by atoms with van der Waals surface area (Å²) in [5.41, 5.74) is 0. The van der Waals surface area contributed by atoms with E-state index >= 15 is 0 Å². The molecule has 0 rings (SSSR count). The van der Waals surface area contributed by atoms with E-state index in [-0.39, 0.29) is 12.5 Å². The van der Waals surface area contributed by atoms with Gasteiger partial charge in [-0.3, -0.25) is 8.98 Å². The lowest BCUT2D eigenvalue weighted by Gasteiger charge is -2.17. The molecule has 6 heteroatoms. The number of carbonyl (C=O) groups is 1. The number of unbranched alkanes of at least 4 members (excludes halogenated alkanes) is 12. The van der Waals surface area contributed by atoms with Crippen LogP contribution in [0.25, 0.3) is 0 Å². The van der Waals surface area contributed by atoms with Crippen molar-refractivity contribution in [2.45, 2.75) is 129 Å². The van der Waals surface area contributed by atoms with Crippen molar-refractivity contribution in [3.05, 3.63) is 0 Å². The van der Waals surface area contributed by atoms with Crippen LogP contribution < -0.4 is 5.32 Å². The van der Waals surface area contributed by atoms with Gasteiger partial charge in [0.2, 0.25) is 5.91 Å². The third-order valence-electron chi connectivity index (χ3n) is 5.85. The molecule has 0 aliphatic carbocycles. The van der Waals surface area contributed by atoms with Crippen LogP contribution in [0.5, 0.6) is 0 Å². The highest BCUT2D eigenvalue weighted by Crippen LogP contribution is 2.22. The number of nitrogens with one attached hydrogen (secondary N) is 1. The first-order valence-corrected chi connectivity index (χ1v) is 14.8. The Balaban J connectivity index is 4.04. The Morgan fingerprint density at radius 2 is 1.23 bits per heavy atom. The molecule has 0 radical (unpaired) electrons. The van der Waals surface area contributed by atoms with Gasteiger partial charge in [0.25, 0.3) is 10.1 Å². The third kappa shape index (κ3) is 23.9. The van der Waals surface area contributed by atoms with Crippen LogP contribution in [0.4, 0.5) is 0 Å². The third-order valence-corrected chi connectivity index (χ3v) is 6.44. The quantitative estimate of drug-likeness (QED) is 0.135. The largest absolute Gasteiger partial charge is 0.356 e. The predicted molar refractivity (Wildman–Crippen MR) is 132 cm³/mol. The van der Waals surface area contributed by atoms with E-state index in [1.54, 1.807) is 0 Å². The first kappa shape index (κ1) is 30.4. The van der Waals surface area contributed by atoms with Gasteiger partial charge < -0.3 is 5.32 Å². The van der Waals surface area contributed by atoms with Crippen molar-refractivity contribution < 1.29 is 17.4 Å². The summed E-state index contributed by atoms with van der Waals surface area (Å²) < 4.78 is 26.6. The molecule has 0 aromatic carbocycles. The first-order valence-electron chi connectivity index (χ1n) is 13.0. The van der Waals surface area contributed by atoms with Crippen molar-refractivity contribution in [1.82, 2.24) is 5.32 Å². The Hall–Kier alpha value is -0.620. The minimum absolute atomic E-state index is 0.175. The summed E-state index contributed by atoms with van der Waals surface area (Å²) >= 11 is 0. The SMILES string of the molecule is CCCCCCCCC(CCCCCCCC)CC(=O)NCCCCCOS(C)(=O)=O. The van der Waals surface area contributed by atoms with Gasteiger partial charge in [-0.05, 0) is 38.0 Å². The van der Waals surface area contributed by atoms with E-state index in [2.05, 4.69) is 19.2 Å². The molecule has 0 spiro atoms. The van der Waals surface area contributed by atoms with E-state index in [0.717, 1.165) is 19.1 Å². The van der Waals surface area contributed by atoms with Gasteiger partial charge in [0.05, 0.1) is 12.9 Å². The molecule has 0 aromatic heterocycles. The minimum atomic E-state index is -3.34. The van der Waals surface area contributed by atoms with E-state index in [4.69, 9.17) is 4.18 Å². The molecule has 0 aliphatic heterocycles. The van der Waals surface area contributed by atoms with Crippen molar-refractivity contribution in [2.24, 2.45) is 5.92 Å². The molecular weight excluding hydrogens is 410 g/mol. The number of rotatable bonds is 23. The van der Waals surface area contributed by atoms with E-state index in [1.807, 2.05) is 0 Å². The molecule has 0 bridgehead atoms. The van der Waals surface area contributed by atoms with Gasteiger partial charge in [-0.25, -0.2) is 0 Å². The smallest absolute Gasteiger partial charge is 0.264 e. The van der Waals surface area contributed by atoms with E-state index in [1.165, 1.54) is 89.9 Å². The Morgan fingerprint density at radius 3 is 1.74 bits per heavy atom. The molecule has 0 heterocycles. The summed E-state index contributed by atoms with van der Waals surface area (Å²) in [4.78, 5) is 12.4. The fraction of sp³-hybridized carbons (Fsp3) is 0.960. The van der Waals surface area contributed by atoms with Gasteiger partial charge >= 0.3 is 0 Å². The zero-order valence-corrected chi connectivity index (χ0v) is 21.6. The summed E-state index contributed by atoms with van der Waals surface area (Å²) in [6, 6.07) is 0. The highest BCUT2D eigenvalue weighted by Gasteiger charge is 2.13. The van der Waals surface area contributed by atoms with Crippen LogP contribution in [0, 0.1) is 5.92 Å². The molecule has 186 valence electrons. The average Bonchev–Trinajstić information content (AvgIpc) is 2.71. The van der Waals surface area contributed by atoms with Crippen molar-refractivity contribution in [3.8, 4) is 0 Å². The summed E-state index contributed by atoms with van der Waals surface area (Å²) in [5, 5.41) is 3.06. The molecule has 5 nitrogen and oxygen atoms in total. The first-order chi connectivity index (χ1) is 14.9. The molecule has 1 N–H and O–H groups in total. The van der Waals surface area contributed by atoms with Crippen LogP contribution in [0.15, 0.2) is 0 Å². The lowest BCUT2D eigenvalue weighted by Crippen LogP contribution is -2.26. The molecule has 0 saturated carbocycles. The van der Waals surface area contributed by atoms with Crippen molar-refractivity contribution in [2.75, 3.05) is 19.4 Å². The van der Waals surface area contributed by atoms with E-state index in [0.29, 0.717) is 25.3 Å². The monoisotopic (exact) mass is 461 g/mol. The minimum Gasteiger partial charge on any atom is -0.356 e. The maximum absolute atomic E-state index is 12.4. The van der Waals surface area contributed by atoms with Crippen LogP contribution in [-0.4, -0.2) is 33.7 Å². The zero-order chi connectivity index (χ0) is 23.2. The molecule has 0 aromatic rings. The van der Waals surface area contributed by atoms with Gasteiger partial charge in [0, 0.05) is 13.0 Å². The number of carbonyl (C=O) groups excluding carboxylic acids is 1. The zero-order valence-electron chi connectivity index (χ0n) is 20.8. The molecule has 0 unspecified atom stereocenters. The second-order valence-corrected chi connectivity index (χ2v) is 10.8. The summed E-state index contributed by atoms with van der Waals surface area (Å²) in [6.45, 7) is 5.39.